The predicted octanol–water partition coefficient (Wildman–Crippen LogP) is 8.70. The van der Waals surface area contributed by atoms with Crippen LogP contribution in [0.3, 0.4) is 0 Å². The maximum atomic E-state index is 6.18. The van der Waals surface area contributed by atoms with Crippen LogP contribution in [-0.4, -0.2) is 11.4 Å². The summed E-state index contributed by atoms with van der Waals surface area (Å²) in [5.74, 6) is 0.150. The Balaban J connectivity index is 1.70. The highest BCUT2D eigenvalue weighted by atomic mass is 35.5. The molecule has 0 aromatic heterocycles. The lowest BCUT2D eigenvalue weighted by atomic mass is 9.78. The normalized spacial score (nSPS) is 19.0. The van der Waals surface area contributed by atoms with Crippen molar-refractivity contribution in [2.45, 2.75) is 33.1 Å². The first-order valence-electron chi connectivity index (χ1n) is 11.0. The van der Waals surface area contributed by atoms with Crippen molar-refractivity contribution >= 4 is 52.1 Å². The Morgan fingerprint density at radius 1 is 0.781 bits per heavy atom. The first kappa shape index (κ1) is 21.2. The van der Waals surface area contributed by atoms with E-state index in [0.717, 1.165) is 63.2 Å². The molecule has 3 aromatic carbocycles. The highest BCUT2D eigenvalue weighted by Gasteiger charge is 2.32. The Labute approximate surface area is 199 Å². The Morgan fingerprint density at radius 3 is 1.97 bits per heavy atom. The van der Waals surface area contributed by atoms with Crippen LogP contribution < -0.4 is 0 Å². The summed E-state index contributed by atoms with van der Waals surface area (Å²) in [7, 11) is 0. The van der Waals surface area contributed by atoms with E-state index in [9.17, 15) is 0 Å². The Kier molecular flexibility index (Phi) is 5.75. The second kappa shape index (κ2) is 8.69. The van der Waals surface area contributed by atoms with Crippen LogP contribution in [0.1, 0.15) is 41.5 Å². The fourth-order valence-corrected chi connectivity index (χ4v) is 4.75. The molecule has 1 saturated carbocycles. The molecule has 1 fully saturated rings. The van der Waals surface area contributed by atoms with Crippen LogP contribution in [0.2, 0.25) is 10.0 Å². The monoisotopic (exact) mass is 458 g/mol. The van der Waals surface area contributed by atoms with Crippen LogP contribution in [-0.2, 0) is 0 Å². The number of aliphatic imine (C=N–C) groups is 2. The second-order valence-electron chi connectivity index (χ2n) is 8.59. The van der Waals surface area contributed by atoms with Crippen molar-refractivity contribution in [1.29, 1.82) is 0 Å². The number of benzene rings is 3. The molecule has 0 saturated heterocycles. The van der Waals surface area contributed by atoms with Gasteiger partial charge >= 0.3 is 0 Å². The third-order valence-electron chi connectivity index (χ3n) is 6.35. The number of aryl methyl sites for hydroxylation is 2. The average molecular weight is 459 g/mol. The number of allylic oxidation sites excluding steroid dienone is 1. The summed E-state index contributed by atoms with van der Waals surface area (Å²) in [6.45, 7) is 4.26. The molecule has 1 aliphatic heterocycles. The topological polar surface area (TPSA) is 24.7 Å². The van der Waals surface area contributed by atoms with Gasteiger partial charge in [0, 0.05) is 16.0 Å². The Bertz CT molecular complexity index is 1270. The quantitative estimate of drug-likeness (QED) is 0.366. The van der Waals surface area contributed by atoms with Gasteiger partial charge < -0.3 is 0 Å². The summed E-state index contributed by atoms with van der Waals surface area (Å²) in [5.41, 5.74) is 10.1. The number of halogens is 2. The van der Waals surface area contributed by atoms with Crippen molar-refractivity contribution in [2.24, 2.45) is 15.9 Å². The van der Waals surface area contributed by atoms with Gasteiger partial charge in [0.1, 0.15) is 0 Å². The zero-order valence-corrected chi connectivity index (χ0v) is 19.7. The summed E-state index contributed by atoms with van der Waals surface area (Å²) in [4.78, 5) is 10.4. The van der Waals surface area contributed by atoms with Gasteiger partial charge in [-0.2, -0.15) is 0 Å². The lowest BCUT2D eigenvalue weighted by Gasteiger charge is -2.27. The summed E-state index contributed by atoms with van der Waals surface area (Å²) >= 11 is 12.3. The first-order valence-corrected chi connectivity index (χ1v) is 11.7. The average Bonchev–Trinajstić information content (AvgIpc) is 2.94. The fourth-order valence-electron chi connectivity index (χ4n) is 4.50. The van der Waals surface area contributed by atoms with Crippen molar-refractivity contribution in [2.75, 3.05) is 0 Å². The molecule has 0 N–H and O–H groups in total. The Morgan fingerprint density at radius 2 is 1.34 bits per heavy atom. The number of rotatable bonds is 2. The molecule has 4 heteroatoms. The number of fused-ring (bicyclic) bond motifs is 2. The van der Waals surface area contributed by atoms with Gasteiger partial charge in [-0.1, -0.05) is 47.5 Å². The van der Waals surface area contributed by atoms with Crippen molar-refractivity contribution < 1.29 is 0 Å². The minimum atomic E-state index is 0.150. The second-order valence-corrected chi connectivity index (χ2v) is 9.46. The largest absolute Gasteiger partial charge is 0.250 e. The minimum Gasteiger partial charge on any atom is -0.250 e. The molecular formula is C28H24Cl2N2. The van der Waals surface area contributed by atoms with Crippen LogP contribution in [0.25, 0.3) is 6.08 Å². The maximum absolute atomic E-state index is 6.18. The first-order chi connectivity index (χ1) is 15.5. The third kappa shape index (κ3) is 4.18. The molecule has 1 atom stereocenters. The van der Waals surface area contributed by atoms with Crippen LogP contribution in [0.15, 0.2) is 76.2 Å². The van der Waals surface area contributed by atoms with Crippen molar-refractivity contribution in [3.63, 3.8) is 0 Å². The van der Waals surface area contributed by atoms with Crippen molar-refractivity contribution in [1.82, 2.24) is 0 Å². The lowest BCUT2D eigenvalue weighted by Crippen LogP contribution is -2.29. The SMILES string of the molecule is Cc1cc2c(cc1C)N=C(c1ccc(Cl)cc1)C1CCC/C(=C\c3ccc(Cl)cc3)C1=N2. The van der Waals surface area contributed by atoms with Crippen LogP contribution >= 0.6 is 23.2 Å². The van der Waals surface area contributed by atoms with Crippen LogP contribution in [0.4, 0.5) is 11.4 Å². The van der Waals surface area contributed by atoms with Crippen LogP contribution in [0, 0.1) is 19.8 Å². The van der Waals surface area contributed by atoms with Gasteiger partial charge in [-0.05, 0) is 103 Å². The number of hydrogen-bond acceptors (Lipinski definition) is 2. The molecule has 1 aliphatic carbocycles. The van der Waals surface area contributed by atoms with E-state index in [2.05, 4.69) is 56.3 Å². The molecule has 5 rings (SSSR count). The van der Waals surface area contributed by atoms with E-state index in [1.807, 2.05) is 24.3 Å². The molecule has 1 heterocycles. The molecule has 0 amide bonds. The molecule has 3 aromatic rings. The van der Waals surface area contributed by atoms with Gasteiger partial charge in [-0.15, -0.1) is 0 Å². The zero-order chi connectivity index (χ0) is 22.2. The zero-order valence-electron chi connectivity index (χ0n) is 18.2. The fraction of sp³-hybridized carbons (Fsp3) is 0.214. The third-order valence-corrected chi connectivity index (χ3v) is 6.86. The van der Waals surface area contributed by atoms with E-state index in [1.165, 1.54) is 16.7 Å². The van der Waals surface area contributed by atoms with E-state index in [-0.39, 0.29) is 5.92 Å². The van der Waals surface area contributed by atoms with Gasteiger partial charge in [-0.3, -0.25) is 4.99 Å². The highest BCUT2D eigenvalue weighted by molar-refractivity contribution is 6.31. The number of hydrogen-bond donors (Lipinski definition) is 0. The van der Waals surface area contributed by atoms with Crippen molar-refractivity contribution in [3.05, 3.63) is 98.5 Å². The maximum Gasteiger partial charge on any atom is 0.0892 e. The van der Waals surface area contributed by atoms with Crippen LogP contribution in [0.5, 0.6) is 0 Å². The van der Waals surface area contributed by atoms with Gasteiger partial charge in [-0.25, -0.2) is 4.99 Å². The van der Waals surface area contributed by atoms with E-state index in [4.69, 9.17) is 33.2 Å². The summed E-state index contributed by atoms with van der Waals surface area (Å²) in [5, 5.41) is 1.48. The molecule has 2 aliphatic rings. The predicted molar refractivity (Wildman–Crippen MR) is 137 cm³/mol. The van der Waals surface area contributed by atoms with Crippen molar-refractivity contribution in [3.8, 4) is 0 Å². The van der Waals surface area contributed by atoms with Gasteiger partial charge in [0.2, 0.25) is 0 Å². The standard InChI is InChI=1S/C28H24Cl2N2/c1-17-14-25-26(15-18(17)2)32-28-21(16-19-6-10-22(29)11-7-19)4-3-5-24(28)27(31-25)20-8-12-23(30)13-9-20/h6-16,24H,3-5H2,1-2H3/b21-16+. The molecule has 1 unspecified atom stereocenters. The molecular weight excluding hydrogens is 435 g/mol. The molecule has 0 bridgehead atoms. The minimum absolute atomic E-state index is 0.150. The van der Waals surface area contributed by atoms with Gasteiger partial charge in [0.15, 0.2) is 0 Å². The number of nitrogens with zero attached hydrogens (tertiary/aromatic N) is 2. The van der Waals surface area contributed by atoms with E-state index in [1.54, 1.807) is 0 Å². The van der Waals surface area contributed by atoms with Gasteiger partial charge in [0.05, 0.1) is 22.8 Å². The molecule has 160 valence electrons. The summed E-state index contributed by atoms with van der Waals surface area (Å²) in [6, 6.07) is 20.3. The van der Waals surface area contributed by atoms with E-state index in [0.29, 0.717) is 0 Å². The summed E-state index contributed by atoms with van der Waals surface area (Å²) in [6.07, 6.45) is 5.40. The molecule has 0 spiro atoms. The smallest absolute Gasteiger partial charge is 0.0892 e. The molecule has 32 heavy (non-hydrogen) atoms. The highest BCUT2D eigenvalue weighted by Crippen LogP contribution is 2.41. The molecule has 2 nitrogen and oxygen atoms in total. The van der Waals surface area contributed by atoms with E-state index >= 15 is 0 Å². The summed E-state index contributed by atoms with van der Waals surface area (Å²) < 4.78 is 0. The van der Waals surface area contributed by atoms with Gasteiger partial charge in [0.25, 0.3) is 0 Å². The van der Waals surface area contributed by atoms with E-state index < -0.39 is 0 Å². The Hall–Kier alpha value is -2.68. The molecule has 0 radical (unpaired) electrons. The lowest BCUT2D eigenvalue weighted by molar-refractivity contribution is 0.671.